The van der Waals surface area contributed by atoms with Gasteiger partial charge in [0.2, 0.25) is 11.1 Å². The smallest absolute Gasteiger partial charge is 0.239 e. The van der Waals surface area contributed by atoms with Crippen molar-refractivity contribution in [2.75, 3.05) is 5.75 Å². The fourth-order valence-electron chi connectivity index (χ4n) is 3.73. The lowest BCUT2D eigenvalue weighted by Gasteiger charge is -2.16. The van der Waals surface area contributed by atoms with Gasteiger partial charge in [-0.05, 0) is 25.0 Å². The number of benzene rings is 2. The van der Waals surface area contributed by atoms with Crippen LogP contribution in [0.5, 0.6) is 0 Å². The molecule has 0 radical (unpaired) electrons. The van der Waals surface area contributed by atoms with Crippen molar-refractivity contribution >= 4 is 62.4 Å². The third-order valence-corrected chi connectivity index (χ3v) is 7.71. The van der Waals surface area contributed by atoms with Gasteiger partial charge in [0.15, 0.2) is 10.8 Å². The zero-order chi connectivity index (χ0) is 23.7. The third kappa shape index (κ3) is 4.43. The quantitative estimate of drug-likeness (QED) is 0.419. The summed E-state index contributed by atoms with van der Waals surface area (Å²) in [6.07, 6.45) is 0.614. The normalized spacial score (nSPS) is 14.7. The molecule has 2 aromatic carbocycles. The van der Waals surface area contributed by atoms with Crippen molar-refractivity contribution in [3.63, 3.8) is 0 Å². The van der Waals surface area contributed by atoms with Crippen LogP contribution < -0.4 is 5.32 Å². The van der Waals surface area contributed by atoms with Crippen LogP contribution in [0, 0.1) is 6.92 Å². The third-order valence-electron chi connectivity index (χ3n) is 5.62. The van der Waals surface area contributed by atoms with E-state index in [4.69, 9.17) is 4.98 Å². The lowest BCUT2D eigenvalue weighted by molar-refractivity contribution is -0.119. The molecule has 172 valence electrons. The summed E-state index contributed by atoms with van der Waals surface area (Å²) in [6.45, 7) is 4.01. The van der Waals surface area contributed by atoms with E-state index in [1.54, 1.807) is 0 Å². The fourth-order valence-corrected chi connectivity index (χ4v) is 5.31. The minimum absolute atomic E-state index is 0.145. The lowest BCUT2D eigenvalue weighted by atomic mass is 10.1. The number of hydrogen-bond acceptors (Lipinski definition) is 8. The Morgan fingerprint density at radius 1 is 1.15 bits per heavy atom. The van der Waals surface area contributed by atoms with E-state index in [2.05, 4.69) is 44.8 Å². The number of aryl methyl sites for hydroxylation is 2. The van der Waals surface area contributed by atoms with Crippen molar-refractivity contribution in [2.45, 2.75) is 30.7 Å². The second-order valence-corrected chi connectivity index (χ2v) is 10.1. The van der Waals surface area contributed by atoms with E-state index < -0.39 is 0 Å². The monoisotopic (exact) mass is 489 g/mol. The molecule has 0 saturated heterocycles. The van der Waals surface area contributed by atoms with Crippen LogP contribution >= 0.6 is 23.5 Å². The number of amides is 1. The van der Waals surface area contributed by atoms with Crippen LogP contribution in [0.15, 0.2) is 63.9 Å². The molecule has 0 fully saturated rings. The van der Waals surface area contributed by atoms with E-state index in [0.717, 1.165) is 33.3 Å². The van der Waals surface area contributed by atoms with Crippen molar-refractivity contribution in [3.05, 3.63) is 59.7 Å². The van der Waals surface area contributed by atoms with E-state index in [1.807, 2.05) is 54.9 Å². The van der Waals surface area contributed by atoms with Crippen molar-refractivity contribution in [3.8, 4) is 0 Å². The lowest BCUT2D eigenvalue weighted by Crippen LogP contribution is -2.37. The van der Waals surface area contributed by atoms with Gasteiger partial charge in [0.25, 0.3) is 0 Å². The van der Waals surface area contributed by atoms with Crippen molar-refractivity contribution in [1.82, 2.24) is 25.1 Å². The zero-order valence-electron chi connectivity index (χ0n) is 19.0. The highest BCUT2D eigenvalue weighted by Gasteiger charge is 2.23. The summed E-state index contributed by atoms with van der Waals surface area (Å²) in [6, 6.07) is 16.2. The number of rotatable bonds is 5. The average Bonchev–Trinajstić information content (AvgIpc) is 3.15. The molecule has 0 bridgehead atoms. The van der Waals surface area contributed by atoms with Crippen LogP contribution in [-0.4, -0.2) is 47.5 Å². The Bertz CT molecular complexity index is 1440. The highest BCUT2D eigenvalue weighted by molar-refractivity contribution is 8.14. The van der Waals surface area contributed by atoms with Crippen LogP contribution in [0.2, 0.25) is 0 Å². The Morgan fingerprint density at radius 2 is 1.94 bits per heavy atom. The molecule has 8 nitrogen and oxygen atoms in total. The molecule has 1 aliphatic heterocycles. The molecular formula is C24H23N7OS2. The molecule has 34 heavy (non-hydrogen) atoms. The molecule has 1 atom stereocenters. The standard InChI is InChI=1S/C24H23N7OS2/c1-4-19(22(32)26-23-29-27-17(13-33-23)15-11-9-14(2)10-12-15)34-24-25-21-20(28-30-24)16-7-5-6-8-18(16)31(21)3/h5-12,19H,4,13H2,1-3H3,(H,26,29,32)/t19-/m0/s1. The Labute approximate surface area is 205 Å². The van der Waals surface area contributed by atoms with Crippen LogP contribution in [0.25, 0.3) is 22.1 Å². The summed E-state index contributed by atoms with van der Waals surface area (Å²) in [5.41, 5.74) is 5.69. The van der Waals surface area contributed by atoms with Gasteiger partial charge in [0.1, 0.15) is 5.52 Å². The van der Waals surface area contributed by atoms with E-state index in [-0.39, 0.29) is 11.2 Å². The van der Waals surface area contributed by atoms with Crippen LogP contribution in [0.3, 0.4) is 0 Å². The van der Waals surface area contributed by atoms with Gasteiger partial charge in [-0.3, -0.25) is 4.79 Å². The number of amidine groups is 1. The minimum Gasteiger partial charge on any atom is -0.327 e. The van der Waals surface area contributed by atoms with Gasteiger partial charge in [-0.25, -0.2) is 4.98 Å². The number of thioether (sulfide) groups is 2. The summed E-state index contributed by atoms with van der Waals surface area (Å²) < 4.78 is 2.00. The van der Waals surface area contributed by atoms with Crippen LogP contribution in [-0.2, 0) is 11.8 Å². The summed E-state index contributed by atoms with van der Waals surface area (Å²) in [5.74, 6) is 0.505. The number of para-hydroxylation sites is 1. The van der Waals surface area contributed by atoms with Gasteiger partial charge < -0.3 is 9.88 Å². The average molecular weight is 490 g/mol. The number of fused-ring (bicyclic) bond motifs is 3. The van der Waals surface area contributed by atoms with Gasteiger partial charge in [0, 0.05) is 18.2 Å². The first kappa shape index (κ1) is 22.5. The van der Waals surface area contributed by atoms with E-state index in [9.17, 15) is 4.79 Å². The summed E-state index contributed by atoms with van der Waals surface area (Å²) >= 11 is 2.78. The number of nitrogens with one attached hydrogen (secondary N) is 1. The number of carbonyl (C=O) groups excluding carboxylic acids is 1. The van der Waals surface area contributed by atoms with Gasteiger partial charge in [0.05, 0.1) is 16.5 Å². The van der Waals surface area contributed by atoms with Crippen molar-refractivity contribution in [1.29, 1.82) is 0 Å². The molecule has 1 N–H and O–H groups in total. The number of nitrogens with zero attached hydrogens (tertiary/aromatic N) is 6. The predicted octanol–water partition coefficient (Wildman–Crippen LogP) is 4.32. The molecule has 10 heteroatoms. The van der Waals surface area contributed by atoms with Crippen LogP contribution in [0.4, 0.5) is 0 Å². The van der Waals surface area contributed by atoms with Crippen molar-refractivity contribution in [2.24, 2.45) is 17.3 Å². The molecule has 1 aliphatic rings. The molecule has 1 amide bonds. The molecule has 2 aromatic heterocycles. The number of hydrogen-bond donors (Lipinski definition) is 1. The van der Waals surface area contributed by atoms with Crippen LogP contribution in [0.1, 0.15) is 24.5 Å². The Morgan fingerprint density at radius 3 is 2.68 bits per heavy atom. The Kier molecular flexibility index (Phi) is 6.34. The second-order valence-electron chi connectivity index (χ2n) is 7.95. The Balaban J connectivity index is 1.30. The molecule has 0 unspecified atom stereocenters. The second kappa shape index (κ2) is 9.55. The topological polar surface area (TPSA) is 97.4 Å². The minimum atomic E-state index is -0.375. The largest absolute Gasteiger partial charge is 0.327 e. The highest BCUT2D eigenvalue weighted by atomic mass is 32.2. The maximum absolute atomic E-state index is 13.0. The van der Waals surface area contributed by atoms with E-state index in [1.165, 1.54) is 29.1 Å². The molecular weight excluding hydrogens is 466 g/mol. The van der Waals surface area contributed by atoms with Gasteiger partial charge in [-0.2, -0.15) is 5.10 Å². The predicted molar refractivity (Wildman–Crippen MR) is 139 cm³/mol. The van der Waals surface area contributed by atoms with Crippen molar-refractivity contribution < 1.29 is 4.79 Å². The zero-order valence-corrected chi connectivity index (χ0v) is 20.7. The maximum atomic E-state index is 13.0. The molecule has 4 aromatic rings. The molecule has 0 spiro atoms. The Hall–Kier alpha value is -3.24. The molecule has 5 rings (SSSR count). The van der Waals surface area contributed by atoms with Gasteiger partial charge in [-0.1, -0.05) is 78.5 Å². The first-order valence-corrected chi connectivity index (χ1v) is 12.8. The van der Waals surface area contributed by atoms with E-state index in [0.29, 0.717) is 22.5 Å². The maximum Gasteiger partial charge on any atom is 0.239 e. The summed E-state index contributed by atoms with van der Waals surface area (Å²) in [5, 5.41) is 21.8. The van der Waals surface area contributed by atoms with Gasteiger partial charge in [-0.15, -0.1) is 15.3 Å². The SMILES string of the molecule is CC[C@H](Sc1nnc2c3ccccc3n(C)c2n1)C(=O)NC1=NN=C(c2ccc(C)cc2)CS1. The first-order chi connectivity index (χ1) is 16.5. The molecule has 3 heterocycles. The first-order valence-electron chi connectivity index (χ1n) is 10.9. The number of aromatic nitrogens is 4. The summed E-state index contributed by atoms with van der Waals surface area (Å²) in [7, 11) is 1.96. The van der Waals surface area contributed by atoms with E-state index >= 15 is 0 Å². The molecule has 0 aliphatic carbocycles. The highest BCUT2D eigenvalue weighted by Crippen LogP contribution is 2.28. The summed E-state index contributed by atoms with van der Waals surface area (Å²) in [4.78, 5) is 17.6. The fraction of sp³-hybridized carbons (Fsp3) is 0.250. The van der Waals surface area contributed by atoms with Gasteiger partial charge >= 0.3 is 0 Å². The number of carbonyl (C=O) groups is 1. The molecule has 0 saturated carbocycles.